The van der Waals surface area contributed by atoms with Crippen molar-refractivity contribution in [2.24, 2.45) is 0 Å². The first-order valence-corrected chi connectivity index (χ1v) is 12.7. The SMILES string of the molecule is COc1ccc(-c2nc3sc4c(O)cccc4c3c(=O)n2CCNCc2cnccn2)c(C2CC2)c1. The maximum atomic E-state index is 14.0. The smallest absolute Gasteiger partial charge is 0.263 e. The molecule has 36 heavy (non-hydrogen) atoms. The second-order valence-electron chi connectivity index (χ2n) is 8.93. The summed E-state index contributed by atoms with van der Waals surface area (Å²) >= 11 is 1.35. The molecule has 2 aromatic carbocycles. The molecule has 6 rings (SSSR count). The molecule has 1 fully saturated rings. The molecule has 0 amide bonds. The highest BCUT2D eigenvalue weighted by molar-refractivity contribution is 7.25. The second-order valence-corrected chi connectivity index (χ2v) is 9.93. The van der Waals surface area contributed by atoms with Crippen LogP contribution in [0.2, 0.25) is 0 Å². The molecule has 0 bridgehead atoms. The van der Waals surface area contributed by atoms with E-state index < -0.39 is 0 Å². The number of benzene rings is 2. The zero-order valence-electron chi connectivity index (χ0n) is 19.8. The first-order chi connectivity index (χ1) is 17.6. The highest BCUT2D eigenvalue weighted by atomic mass is 32.1. The third-order valence-corrected chi connectivity index (χ3v) is 7.67. The minimum atomic E-state index is -0.106. The highest BCUT2D eigenvalue weighted by Gasteiger charge is 2.29. The van der Waals surface area contributed by atoms with Gasteiger partial charge in [0.1, 0.15) is 22.2 Å². The molecule has 8 nitrogen and oxygen atoms in total. The lowest BCUT2D eigenvalue weighted by Gasteiger charge is -2.16. The van der Waals surface area contributed by atoms with Crippen molar-refractivity contribution in [3.05, 3.63) is 76.6 Å². The standard InChI is InChI=1S/C27H25N5O3S/c1-35-18-7-8-19(21(13-18)16-5-6-16)25-31-26-23(20-3-2-4-22(33)24(20)36-26)27(34)32(25)12-11-29-15-17-14-28-9-10-30-17/h2-4,7-10,13-14,16,29,33H,5-6,11-12,15H2,1H3. The fourth-order valence-electron chi connectivity index (χ4n) is 4.61. The number of aromatic nitrogens is 4. The Bertz CT molecular complexity index is 1630. The zero-order valence-corrected chi connectivity index (χ0v) is 20.6. The molecule has 0 unspecified atom stereocenters. The van der Waals surface area contributed by atoms with Crippen LogP contribution < -0.4 is 15.6 Å². The van der Waals surface area contributed by atoms with E-state index in [2.05, 4.69) is 21.4 Å². The summed E-state index contributed by atoms with van der Waals surface area (Å²) < 4.78 is 7.93. The van der Waals surface area contributed by atoms with Crippen molar-refractivity contribution in [3.63, 3.8) is 0 Å². The molecule has 2 N–H and O–H groups in total. The van der Waals surface area contributed by atoms with E-state index in [1.165, 1.54) is 11.3 Å². The van der Waals surface area contributed by atoms with Crippen LogP contribution in [0, 0.1) is 0 Å². The van der Waals surface area contributed by atoms with Crippen LogP contribution in [-0.4, -0.2) is 38.3 Å². The molecule has 5 aromatic rings. The van der Waals surface area contributed by atoms with E-state index in [-0.39, 0.29) is 11.3 Å². The number of hydrogen-bond donors (Lipinski definition) is 2. The van der Waals surface area contributed by atoms with Gasteiger partial charge in [-0.15, -0.1) is 11.3 Å². The summed E-state index contributed by atoms with van der Waals surface area (Å²) in [5, 5.41) is 15.1. The number of aromatic hydroxyl groups is 1. The van der Waals surface area contributed by atoms with Crippen LogP contribution in [0.15, 0.2) is 59.8 Å². The topological polar surface area (TPSA) is 102 Å². The molecule has 0 saturated heterocycles. The van der Waals surface area contributed by atoms with E-state index in [0.717, 1.165) is 40.8 Å². The van der Waals surface area contributed by atoms with Gasteiger partial charge >= 0.3 is 0 Å². The van der Waals surface area contributed by atoms with Gasteiger partial charge in [-0.1, -0.05) is 12.1 Å². The number of phenols is 1. The van der Waals surface area contributed by atoms with Gasteiger partial charge in [-0.25, -0.2) is 4.98 Å². The van der Waals surface area contributed by atoms with Gasteiger partial charge in [-0.05, 0) is 48.6 Å². The van der Waals surface area contributed by atoms with Crippen molar-refractivity contribution in [1.82, 2.24) is 24.8 Å². The van der Waals surface area contributed by atoms with Crippen molar-refractivity contribution < 1.29 is 9.84 Å². The highest BCUT2D eigenvalue weighted by Crippen LogP contribution is 2.46. The molecule has 182 valence electrons. The van der Waals surface area contributed by atoms with E-state index in [0.29, 0.717) is 46.3 Å². The van der Waals surface area contributed by atoms with Gasteiger partial charge in [0.2, 0.25) is 0 Å². The lowest BCUT2D eigenvalue weighted by Crippen LogP contribution is -2.29. The molecule has 0 aliphatic heterocycles. The number of phenolic OH excluding ortho intramolecular Hbond substituents is 1. The van der Waals surface area contributed by atoms with Gasteiger partial charge in [-0.3, -0.25) is 19.3 Å². The molecule has 3 aromatic heterocycles. The maximum Gasteiger partial charge on any atom is 0.263 e. The van der Waals surface area contributed by atoms with E-state index in [1.807, 2.05) is 18.2 Å². The van der Waals surface area contributed by atoms with Crippen LogP contribution in [0.25, 0.3) is 31.7 Å². The summed E-state index contributed by atoms with van der Waals surface area (Å²) in [6.45, 7) is 1.54. The molecule has 9 heteroatoms. The fourth-order valence-corrected chi connectivity index (χ4v) is 5.69. The average molecular weight is 500 g/mol. The molecule has 1 aliphatic rings. The predicted octanol–water partition coefficient (Wildman–Crippen LogP) is 4.45. The molecular formula is C27H25N5O3S. The predicted molar refractivity (Wildman–Crippen MR) is 141 cm³/mol. The van der Waals surface area contributed by atoms with Gasteiger partial charge in [0.05, 0.1) is 22.9 Å². The van der Waals surface area contributed by atoms with Gasteiger partial charge in [0.25, 0.3) is 5.56 Å². The number of nitrogens with one attached hydrogen (secondary N) is 1. The molecule has 0 radical (unpaired) electrons. The largest absolute Gasteiger partial charge is 0.506 e. The Kier molecular flexibility index (Phi) is 5.86. The van der Waals surface area contributed by atoms with E-state index >= 15 is 0 Å². The Morgan fingerprint density at radius 1 is 1.22 bits per heavy atom. The number of thiophene rings is 1. The molecular weight excluding hydrogens is 474 g/mol. The van der Waals surface area contributed by atoms with Crippen LogP contribution >= 0.6 is 11.3 Å². The first-order valence-electron chi connectivity index (χ1n) is 11.9. The van der Waals surface area contributed by atoms with Gasteiger partial charge in [0, 0.05) is 49.2 Å². The normalized spacial score (nSPS) is 13.5. The summed E-state index contributed by atoms with van der Waals surface area (Å²) in [5.41, 5.74) is 2.84. The van der Waals surface area contributed by atoms with Crippen LogP contribution in [0.4, 0.5) is 0 Å². The Morgan fingerprint density at radius 3 is 2.89 bits per heavy atom. The Balaban J connectivity index is 1.47. The summed E-state index contributed by atoms with van der Waals surface area (Å²) in [5.74, 6) is 2.05. The van der Waals surface area contributed by atoms with Gasteiger partial charge in [0.15, 0.2) is 0 Å². The zero-order chi connectivity index (χ0) is 24.6. The van der Waals surface area contributed by atoms with Crippen molar-refractivity contribution in [2.75, 3.05) is 13.7 Å². The van der Waals surface area contributed by atoms with Crippen molar-refractivity contribution in [1.29, 1.82) is 0 Å². The molecule has 0 spiro atoms. The maximum absolute atomic E-state index is 14.0. The lowest BCUT2D eigenvalue weighted by molar-refractivity contribution is 0.414. The first kappa shape index (κ1) is 22.6. The van der Waals surface area contributed by atoms with Crippen molar-refractivity contribution >= 4 is 31.6 Å². The van der Waals surface area contributed by atoms with E-state index in [1.54, 1.807) is 42.4 Å². The minimum absolute atomic E-state index is 0.106. The Morgan fingerprint density at radius 2 is 2.11 bits per heavy atom. The van der Waals surface area contributed by atoms with Gasteiger partial charge in [-0.2, -0.15) is 0 Å². The van der Waals surface area contributed by atoms with Crippen LogP contribution in [0.1, 0.15) is 30.0 Å². The number of ether oxygens (including phenoxy) is 1. The summed E-state index contributed by atoms with van der Waals surface area (Å²) in [6.07, 6.45) is 7.26. The third kappa shape index (κ3) is 4.10. The number of nitrogens with zero attached hydrogens (tertiary/aromatic N) is 4. The minimum Gasteiger partial charge on any atom is -0.506 e. The van der Waals surface area contributed by atoms with Crippen LogP contribution in [0.5, 0.6) is 11.5 Å². The van der Waals surface area contributed by atoms with Crippen LogP contribution in [-0.2, 0) is 13.1 Å². The molecule has 0 atom stereocenters. The van der Waals surface area contributed by atoms with Crippen molar-refractivity contribution in [3.8, 4) is 22.9 Å². The summed E-state index contributed by atoms with van der Waals surface area (Å²) in [7, 11) is 1.67. The van der Waals surface area contributed by atoms with Gasteiger partial charge < -0.3 is 15.2 Å². The Labute approximate surface area is 211 Å². The van der Waals surface area contributed by atoms with E-state index in [4.69, 9.17) is 9.72 Å². The number of rotatable bonds is 8. The monoisotopic (exact) mass is 499 g/mol. The van der Waals surface area contributed by atoms with Crippen molar-refractivity contribution in [2.45, 2.75) is 31.8 Å². The quantitative estimate of drug-likeness (QED) is 0.304. The summed E-state index contributed by atoms with van der Waals surface area (Å²) in [6, 6.07) is 11.3. The average Bonchev–Trinajstić information content (AvgIpc) is 3.68. The number of hydrogen-bond acceptors (Lipinski definition) is 8. The molecule has 1 saturated carbocycles. The molecule has 3 heterocycles. The number of methoxy groups -OCH3 is 1. The lowest BCUT2D eigenvalue weighted by atomic mass is 10.0. The second kappa shape index (κ2) is 9.33. The van der Waals surface area contributed by atoms with Crippen LogP contribution in [0.3, 0.4) is 0 Å². The van der Waals surface area contributed by atoms with E-state index in [9.17, 15) is 9.90 Å². The fraction of sp³-hybridized carbons (Fsp3) is 0.259. The number of fused-ring (bicyclic) bond motifs is 3. The Hall–Kier alpha value is -3.82. The third-order valence-electron chi connectivity index (χ3n) is 6.55. The summed E-state index contributed by atoms with van der Waals surface area (Å²) in [4.78, 5) is 28.0. The molecule has 1 aliphatic carbocycles.